The monoisotopic (exact) mass is 306 g/mol. The fraction of sp³-hybridized carbons (Fsp3) is 0.0909. The highest BCUT2D eigenvalue weighted by atomic mass is 35.5. The van der Waals surface area contributed by atoms with Crippen molar-refractivity contribution in [1.29, 1.82) is 0 Å². The molecule has 19 heavy (non-hydrogen) atoms. The molecule has 0 unspecified atom stereocenters. The number of benzene rings is 1. The second kappa shape index (κ2) is 5.58. The molecule has 0 radical (unpaired) electrons. The van der Waals surface area contributed by atoms with Crippen molar-refractivity contribution in [2.75, 3.05) is 0 Å². The van der Waals surface area contributed by atoms with E-state index in [1.54, 1.807) is 6.07 Å². The van der Waals surface area contributed by atoms with Crippen LogP contribution in [0.1, 0.15) is 4.88 Å². The van der Waals surface area contributed by atoms with E-state index in [0.717, 1.165) is 0 Å². The summed E-state index contributed by atoms with van der Waals surface area (Å²) in [5.74, 6) is -0.359. The molecule has 0 saturated carbocycles. The minimum absolute atomic E-state index is 0.0735. The van der Waals surface area contributed by atoms with Crippen molar-refractivity contribution in [3.8, 4) is 5.75 Å². The van der Waals surface area contributed by atoms with Gasteiger partial charge in [-0.05, 0) is 12.1 Å². The van der Waals surface area contributed by atoms with Crippen LogP contribution in [0.3, 0.4) is 0 Å². The molecule has 1 aromatic heterocycles. The molecule has 0 aliphatic carbocycles. The van der Waals surface area contributed by atoms with E-state index in [2.05, 4.69) is 14.7 Å². The van der Waals surface area contributed by atoms with Gasteiger partial charge in [-0.1, -0.05) is 23.7 Å². The maximum atomic E-state index is 12.2. The molecule has 0 saturated heterocycles. The molecule has 100 valence electrons. The number of rotatable bonds is 3. The van der Waals surface area contributed by atoms with Gasteiger partial charge in [0.2, 0.25) is 0 Å². The molecule has 8 heteroatoms. The van der Waals surface area contributed by atoms with Crippen LogP contribution in [0.4, 0.5) is 18.9 Å². The van der Waals surface area contributed by atoms with Crippen molar-refractivity contribution in [3.05, 3.63) is 39.8 Å². The smallest absolute Gasteiger partial charge is 0.403 e. The van der Waals surface area contributed by atoms with Crippen molar-refractivity contribution in [1.82, 2.24) is 4.98 Å². The fourth-order valence-corrected chi connectivity index (χ4v) is 2.06. The van der Waals surface area contributed by atoms with Crippen LogP contribution in [0.15, 0.2) is 35.5 Å². The third kappa shape index (κ3) is 4.22. The SMILES string of the molecule is FC(F)(F)Oc1ccccc1N=Cc1cnc(Cl)s1. The van der Waals surface area contributed by atoms with Gasteiger partial charge >= 0.3 is 6.36 Å². The number of alkyl halides is 3. The van der Waals surface area contributed by atoms with E-state index in [0.29, 0.717) is 9.34 Å². The summed E-state index contributed by atoms with van der Waals surface area (Å²) in [7, 11) is 0. The average molecular weight is 307 g/mol. The summed E-state index contributed by atoms with van der Waals surface area (Å²) >= 11 is 6.80. The zero-order chi connectivity index (χ0) is 13.9. The molecule has 0 fully saturated rings. The predicted octanol–water partition coefficient (Wildman–Crippen LogP) is 4.45. The van der Waals surface area contributed by atoms with Gasteiger partial charge in [-0.3, -0.25) is 4.99 Å². The number of para-hydroxylation sites is 2. The zero-order valence-electron chi connectivity index (χ0n) is 9.19. The molecule has 3 nitrogen and oxygen atoms in total. The van der Waals surface area contributed by atoms with Gasteiger partial charge < -0.3 is 4.74 Å². The first-order valence-corrected chi connectivity index (χ1v) is 6.14. The molecule has 0 aliphatic rings. The van der Waals surface area contributed by atoms with Gasteiger partial charge in [-0.15, -0.1) is 24.5 Å². The summed E-state index contributed by atoms with van der Waals surface area (Å²) < 4.78 is 40.8. The Bertz CT molecular complexity index is 598. The molecule has 0 spiro atoms. The molecule has 0 N–H and O–H groups in total. The second-order valence-electron chi connectivity index (χ2n) is 3.29. The molecule has 1 heterocycles. The quantitative estimate of drug-likeness (QED) is 0.785. The molecular formula is C11H6ClF3N2OS. The summed E-state index contributed by atoms with van der Waals surface area (Å²) in [4.78, 5) is 8.36. The van der Waals surface area contributed by atoms with Crippen molar-refractivity contribution >= 4 is 34.8 Å². The number of thiazole rings is 1. The number of hydrogen-bond donors (Lipinski definition) is 0. The highest BCUT2D eigenvalue weighted by Gasteiger charge is 2.31. The van der Waals surface area contributed by atoms with Crippen LogP contribution in [-0.4, -0.2) is 17.6 Å². The van der Waals surface area contributed by atoms with Crippen LogP contribution >= 0.6 is 22.9 Å². The van der Waals surface area contributed by atoms with Gasteiger partial charge in [-0.25, -0.2) is 4.98 Å². The Kier molecular flexibility index (Phi) is 4.06. The lowest BCUT2D eigenvalue weighted by molar-refractivity contribution is -0.274. The summed E-state index contributed by atoms with van der Waals surface area (Å²) in [6, 6.07) is 5.61. The minimum Gasteiger partial charge on any atom is -0.403 e. The molecule has 1 aromatic carbocycles. The van der Waals surface area contributed by atoms with E-state index in [1.807, 2.05) is 0 Å². The van der Waals surface area contributed by atoms with Gasteiger partial charge in [0.05, 0.1) is 4.88 Å². The Hall–Kier alpha value is -1.60. The lowest BCUT2D eigenvalue weighted by Gasteiger charge is -2.10. The van der Waals surface area contributed by atoms with Crippen LogP contribution in [0, 0.1) is 0 Å². The Labute approximate surface area is 115 Å². The molecular weight excluding hydrogens is 301 g/mol. The van der Waals surface area contributed by atoms with Gasteiger partial charge in [-0.2, -0.15) is 0 Å². The molecule has 0 amide bonds. The molecule has 0 aliphatic heterocycles. The number of aliphatic imine (C=N–C) groups is 1. The predicted molar refractivity (Wildman–Crippen MR) is 67.5 cm³/mol. The lowest BCUT2D eigenvalue weighted by atomic mass is 10.3. The van der Waals surface area contributed by atoms with Crippen LogP contribution < -0.4 is 4.74 Å². The largest absolute Gasteiger partial charge is 0.573 e. The average Bonchev–Trinajstić information content (AvgIpc) is 2.72. The molecule has 2 aromatic rings. The van der Waals surface area contributed by atoms with E-state index < -0.39 is 6.36 Å². The van der Waals surface area contributed by atoms with Crippen molar-refractivity contribution in [2.24, 2.45) is 4.99 Å². The van der Waals surface area contributed by atoms with E-state index >= 15 is 0 Å². The topological polar surface area (TPSA) is 34.5 Å². The first-order chi connectivity index (χ1) is 8.94. The maximum Gasteiger partial charge on any atom is 0.573 e. The first kappa shape index (κ1) is 13.8. The van der Waals surface area contributed by atoms with E-state index in [-0.39, 0.29) is 11.4 Å². The van der Waals surface area contributed by atoms with Crippen molar-refractivity contribution in [2.45, 2.75) is 6.36 Å². The van der Waals surface area contributed by atoms with Crippen LogP contribution in [0.25, 0.3) is 0 Å². The van der Waals surface area contributed by atoms with Crippen LogP contribution in [0.5, 0.6) is 5.75 Å². The molecule has 0 atom stereocenters. The summed E-state index contributed by atoms with van der Waals surface area (Å²) in [5, 5.41) is 0. The second-order valence-corrected chi connectivity index (χ2v) is 4.93. The van der Waals surface area contributed by atoms with Crippen molar-refractivity contribution in [3.63, 3.8) is 0 Å². The zero-order valence-corrected chi connectivity index (χ0v) is 10.8. The number of hydrogen-bond acceptors (Lipinski definition) is 4. The highest BCUT2D eigenvalue weighted by Crippen LogP contribution is 2.32. The Morgan fingerprint density at radius 3 is 2.68 bits per heavy atom. The molecule has 2 rings (SSSR count). The lowest BCUT2D eigenvalue weighted by Crippen LogP contribution is -2.17. The number of nitrogens with zero attached hydrogens (tertiary/aromatic N) is 2. The third-order valence-electron chi connectivity index (χ3n) is 1.92. The van der Waals surface area contributed by atoms with Gasteiger partial charge in [0.15, 0.2) is 10.2 Å². The first-order valence-electron chi connectivity index (χ1n) is 4.94. The van der Waals surface area contributed by atoms with E-state index in [9.17, 15) is 13.2 Å². The van der Waals surface area contributed by atoms with E-state index in [1.165, 1.54) is 41.9 Å². The Morgan fingerprint density at radius 1 is 1.32 bits per heavy atom. The fourth-order valence-electron chi connectivity index (χ4n) is 1.23. The maximum absolute atomic E-state index is 12.2. The Morgan fingerprint density at radius 2 is 2.05 bits per heavy atom. The van der Waals surface area contributed by atoms with Gasteiger partial charge in [0, 0.05) is 12.4 Å². The summed E-state index contributed by atoms with van der Waals surface area (Å²) in [5.41, 5.74) is 0.0735. The summed E-state index contributed by atoms with van der Waals surface area (Å²) in [6.45, 7) is 0. The number of halogens is 4. The van der Waals surface area contributed by atoms with Crippen LogP contribution in [-0.2, 0) is 0 Å². The number of aromatic nitrogens is 1. The van der Waals surface area contributed by atoms with Gasteiger partial charge in [0.1, 0.15) is 5.69 Å². The third-order valence-corrected chi connectivity index (χ3v) is 2.97. The number of ether oxygens (including phenoxy) is 1. The summed E-state index contributed by atoms with van der Waals surface area (Å²) in [6.07, 6.45) is -1.90. The van der Waals surface area contributed by atoms with E-state index in [4.69, 9.17) is 11.6 Å². The minimum atomic E-state index is -4.75. The normalized spacial score (nSPS) is 12.0. The van der Waals surface area contributed by atoms with Gasteiger partial charge in [0.25, 0.3) is 0 Å². The highest BCUT2D eigenvalue weighted by molar-refractivity contribution is 7.17. The van der Waals surface area contributed by atoms with Crippen LogP contribution in [0.2, 0.25) is 4.47 Å². The Balaban J connectivity index is 2.22. The molecule has 0 bridgehead atoms. The standard InChI is InChI=1S/C11H6ClF3N2OS/c12-10-17-6-7(19-10)5-16-8-3-1-2-4-9(8)18-11(13,14)15/h1-6H. The van der Waals surface area contributed by atoms with Crippen molar-refractivity contribution < 1.29 is 17.9 Å².